The standard InChI is InChI=1S/C13H15N3O2S/c1-7(2)11-6-19-13(15-11)16-12(18)9-5-8(17)3-4-10(9)14/h3-7,17H,14H2,1-2H3,(H,15,16,18). The van der Waals surface area contributed by atoms with Crippen molar-refractivity contribution in [2.75, 3.05) is 11.1 Å². The fourth-order valence-electron chi connectivity index (χ4n) is 1.51. The maximum absolute atomic E-state index is 12.0. The topological polar surface area (TPSA) is 88.2 Å². The SMILES string of the molecule is CC(C)c1csc(NC(=O)c2cc(O)ccc2N)n1. The highest BCUT2D eigenvalue weighted by atomic mass is 32.1. The summed E-state index contributed by atoms with van der Waals surface area (Å²) in [6.07, 6.45) is 0. The number of carbonyl (C=O) groups excluding carboxylic acids is 1. The van der Waals surface area contributed by atoms with E-state index in [1.54, 1.807) is 0 Å². The van der Waals surface area contributed by atoms with Gasteiger partial charge < -0.3 is 10.8 Å². The number of aromatic nitrogens is 1. The quantitative estimate of drug-likeness (QED) is 0.594. The molecule has 100 valence electrons. The van der Waals surface area contributed by atoms with Crippen LogP contribution in [0.3, 0.4) is 0 Å². The van der Waals surface area contributed by atoms with E-state index in [-0.39, 0.29) is 17.2 Å². The number of benzene rings is 1. The lowest BCUT2D eigenvalue weighted by atomic mass is 10.1. The van der Waals surface area contributed by atoms with Crippen LogP contribution >= 0.6 is 11.3 Å². The second kappa shape index (κ2) is 5.27. The van der Waals surface area contributed by atoms with Crippen molar-refractivity contribution in [3.63, 3.8) is 0 Å². The van der Waals surface area contributed by atoms with E-state index < -0.39 is 0 Å². The van der Waals surface area contributed by atoms with E-state index in [0.29, 0.717) is 16.7 Å². The van der Waals surface area contributed by atoms with Crippen molar-refractivity contribution in [2.45, 2.75) is 19.8 Å². The second-order valence-electron chi connectivity index (χ2n) is 4.46. The van der Waals surface area contributed by atoms with E-state index in [4.69, 9.17) is 5.73 Å². The van der Waals surface area contributed by atoms with E-state index in [2.05, 4.69) is 10.3 Å². The molecule has 0 atom stereocenters. The first-order valence-corrected chi connectivity index (χ1v) is 6.70. The van der Waals surface area contributed by atoms with Crippen molar-refractivity contribution in [1.82, 2.24) is 4.98 Å². The lowest BCUT2D eigenvalue weighted by Gasteiger charge is -2.05. The van der Waals surface area contributed by atoms with E-state index in [1.807, 2.05) is 19.2 Å². The summed E-state index contributed by atoms with van der Waals surface area (Å²) in [5.41, 5.74) is 7.20. The Hall–Kier alpha value is -2.08. The monoisotopic (exact) mass is 277 g/mol. The molecule has 2 aromatic rings. The molecule has 1 amide bonds. The molecule has 1 aromatic carbocycles. The van der Waals surface area contributed by atoms with Crippen LogP contribution in [-0.2, 0) is 0 Å². The zero-order chi connectivity index (χ0) is 14.0. The van der Waals surface area contributed by atoms with Gasteiger partial charge in [-0.3, -0.25) is 10.1 Å². The highest BCUT2D eigenvalue weighted by Crippen LogP contribution is 2.24. The molecule has 0 bridgehead atoms. The van der Waals surface area contributed by atoms with Crippen LogP contribution in [0.15, 0.2) is 23.6 Å². The second-order valence-corrected chi connectivity index (χ2v) is 5.32. The number of carbonyl (C=O) groups is 1. The summed E-state index contributed by atoms with van der Waals surface area (Å²) in [7, 11) is 0. The number of nitrogens with zero attached hydrogens (tertiary/aromatic N) is 1. The van der Waals surface area contributed by atoms with Crippen molar-refractivity contribution in [3.05, 3.63) is 34.8 Å². The number of nitrogens with one attached hydrogen (secondary N) is 1. The molecule has 0 aliphatic rings. The Bertz CT molecular complexity index is 608. The fourth-order valence-corrected chi connectivity index (χ4v) is 2.38. The first kappa shape index (κ1) is 13.4. The molecule has 0 saturated heterocycles. The molecule has 0 fully saturated rings. The maximum atomic E-state index is 12.0. The number of thiazole rings is 1. The molecule has 1 aromatic heterocycles. The van der Waals surface area contributed by atoms with E-state index in [9.17, 15) is 9.90 Å². The van der Waals surface area contributed by atoms with Gasteiger partial charge in [-0.15, -0.1) is 11.3 Å². The van der Waals surface area contributed by atoms with Crippen molar-refractivity contribution < 1.29 is 9.90 Å². The molecule has 2 rings (SSSR count). The molecular formula is C13H15N3O2S. The molecule has 0 saturated carbocycles. The van der Waals surface area contributed by atoms with Gasteiger partial charge in [0, 0.05) is 11.1 Å². The van der Waals surface area contributed by atoms with Crippen molar-refractivity contribution in [2.24, 2.45) is 0 Å². The number of nitrogens with two attached hydrogens (primary N) is 1. The molecule has 5 nitrogen and oxygen atoms in total. The van der Waals surface area contributed by atoms with Crippen LogP contribution in [0.1, 0.15) is 35.8 Å². The minimum absolute atomic E-state index is 0.00126. The fraction of sp³-hybridized carbons (Fsp3) is 0.231. The zero-order valence-electron chi connectivity index (χ0n) is 10.7. The Morgan fingerprint density at radius 3 is 2.84 bits per heavy atom. The zero-order valence-corrected chi connectivity index (χ0v) is 11.5. The number of amides is 1. The third-order valence-corrected chi connectivity index (χ3v) is 3.39. The van der Waals surface area contributed by atoms with E-state index in [0.717, 1.165) is 5.69 Å². The number of hydrogen-bond acceptors (Lipinski definition) is 5. The summed E-state index contributed by atoms with van der Waals surface area (Å²) in [6.45, 7) is 4.07. The largest absolute Gasteiger partial charge is 0.508 e. The third kappa shape index (κ3) is 3.03. The van der Waals surface area contributed by atoms with Gasteiger partial charge in [-0.05, 0) is 24.1 Å². The maximum Gasteiger partial charge on any atom is 0.259 e. The highest BCUT2D eigenvalue weighted by molar-refractivity contribution is 7.14. The normalized spacial score (nSPS) is 10.7. The average molecular weight is 277 g/mol. The Morgan fingerprint density at radius 2 is 2.21 bits per heavy atom. The predicted molar refractivity (Wildman–Crippen MR) is 76.7 cm³/mol. The van der Waals surface area contributed by atoms with Crippen LogP contribution in [0.2, 0.25) is 0 Å². The number of hydrogen-bond donors (Lipinski definition) is 3. The lowest BCUT2D eigenvalue weighted by Crippen LogP contribution is -2.13. The molecule has 0 spiro atoms. The van der Waals surface area contributed by atoms with Gasteiger partial charge in [0.1, 0.15) is 5.75 Å². The Labute approximate surface area is 115 Å². The van der Waals surface area contributed by atoms with Gasteiger partial charge in [0.05, 0.1) is 11.3 Å². The van der Waals surface area contributed by atoms with Crippen LogP contribution in [0.5, 0.6) is 5.75 Å². The molecular weight excluding hydrogens is 262 g/mol. The molecule has 0 aliphatic carbocycles. The number of anilines is 2. The van der Waals surface area contributed by atoms with Gasteiger partial charge in [0.25, 0.3) is 5.91 Å². The molecule has 0 radical (unpaired) electrons. The molecule has 19 heavy (non-hydrogen) atoms. The predicted octanol–water partition coefficient (Wildman–Crippen LogP) is 2.81. The van der Waals surface area contributed by atoms with Crippen LogP contribution in [0.25, 0.3) is 0 Å². The molecule has 1 heterocycles. The molecule has 0 aliphatic heterocycles. The van der Waals surface area contributed by atoms with Gasteiger partial charge in [-0.1, -0.05) is 13.8 Å². The van der Waals surface area contributed by atoms with Gasteiger partial charge in [-0.2, -0.15) is 0 Å². The van der Waals surface area contributed by atoms with Gasteiger partial charge >= 0.3 is 0 Å². The minimum Gasteiger partial charge on any atom is -0.508 e. The summed E-state index contributed by atoms with van der Waals surface area (Å²) >= 11 is 1.36. The van der Waals surface area contributed by atoms with Crippen molar-refractivity contribution in [3.8, 4) is 5.75 Å². The highest BCUT2D eigenvalue weighted by Gasteiger charge is 2.13. The van der Waals surface area contributed by atoms with E-state index in [1.165, 1.54) is 29.5 Å². The number of aromatic hydroxyl groups is 1. The first-order chi connectivity index (χ1) is 8.97. The summed E-state index contributed by atoms with van der Waals surface area (Å²) in [5.74, 6) is -0.0628. The Morgan fingerprint density at radius 1 is 1.47 bits per heavy atom. The molecule has 0 unspecified atom stereocenters. The summed E-state index contributed by atoms with van der Waals surface area (Å²) in [5, 5.41) is 14.5. The number of phenols is 1. The van der Waals surface area contributed by atoms with Gasteiger partial charge in [-0.25, -0.2) is 4.98 Å². The summed E-state index contributed by atoms with van der Waals surface area (Å²) in [4.78, 5) is 16.3. The van der Waals surface area contributed by atoms with Gasteiger partial charge in [0.15, 0.2) is 5.13 Å². The molecule has 6 heteroatoms. The minimum atomic E-state index is -0.377. The average Bonchev–Trinajstić information content (AvgIpc) is 2.80. The van der Waals surface area contributed by atoms with Crippen LogP contribution in [0.4, 0.5) is 10.8 Å². The number of nitrogen functional groups attached to an aromatic ring is 1. The van der Waals surface area contributed by atoms with Crippen LogP contribution < -0.4 is 11.1 Å². The number of phenolic OH excluding ortho intramolecular Hbond substituents is 1. The number of rotatable bonds is 3. The van der Waals surface area contributed by atoms with Crippen LogP contribution in [-0.4, -0.2) is 16.0 Å². The Kier molecular flexibility index (Phi) is 3.71. The van der Waals surface area contributed by atoms with Gasteiger partial charge in [0.2, 0.25) is 0 Å². The van der Waals surface area contributed by atoms with Crippen molar-refractivity contribution in [1.29, 1.82) is 0 Å². The van der Waals surface area contributed by atoms with Crippen LogP contribution in [0, 0.1) is 0 Å². The Balaban J connectivity index is 2.18. The van der Waals surface area contributed by atoms with E-state index >= 15 is 0 Å². The van der Waals surface area contributed by atoms with Crippen molar-refractivity contribution >= 4 is 28.1 Å². The third-order valence-electron chi connectivity index (χ3n) is 2.62. The molecule has 4 N–H and O–H groups in total. The smallest absolute Gasteiger partial charge is 0.259 e. The summed E-state index contributed by atoms with van der Waals surface area (Å²) in [6, 6.07) is 4.26. The first-order valence-electron chi connectivity index (χ1n) is 5.82. The summed E-state index contributed by atoms with van der Waals surface area (Å²) < 4.78 is 0. The lowest BCUT2D eigenvalue weighted by molar-refractivity contribution is 0.102.